The summed E-state index contributed by atoms with van der Waals surface area (Å²) >= 11 is 0. The van der Waals surface area contributed by atoms with Crippen LogP contribution in [0.2, 0.25) is 0 Å². The fraction of sp³-hybridized carbons (Fsp3) is 0.0952. The van der Waals surface area contributed by atoms with Crippen LogP contribution in [-0.2, 0) is 16.6 Å². The normalized spacial score (nSPS) is 11.0. The maximum atomic E-state index is 13.7. The van der Waals surface area contributed by atoms with Gasteiger partial charge in [-0.05, 0) is 48.5 Å². The summed E-state index contributed by atoms with van der Waals surface area (Å²) in [5.74, 6) is -0.330. The van der Waals surface area contributed by atoms with Gasteiger partial charge in [0.15, 0.2) is 0 Å². The SMILES string of the molecule is COc1ccc(NS(=O)(=O)c2cccc(C(=O)NCc3ccccc3F)c2)cc1. The van der Waals surface area contributed by atoms with E-state index in [-0.39, 0.29) is 17.0 Å². The lowest BCUT2D eigenvalue weighted by Gasteiger charge is -2.10. The minimum atomic E-state index is -3.89. The highest BCUT2D eigenvalue weighted by atomic mass is 32.2. The number of methoxy groups -OCH3 is 1. The molecule has 3 aromatic carbocycles. The molecular formula is C21H19FN2O4S. The van der Waals surface area contributed by atoms with E-state index in [0.29, 0.717) is 17.0 Å². The van der Waals surface area contributed by atoms with Crippen molar-refractivity contribution in [3.8, 4) is 5.75 Å². The highest BCUT2D eigenvalue weighted by Gasteiger charge is 2.17. The van der Waals surface area contributed by atoms with Gasteiger partial charge in [-0.3, -0.25) is 9.52 Å². The van der Waals surface area contributed by atoms with Crippen LogP contribution < -0.4 is 14.8 Å². The third-order valence-corrected chi connectivity index (χ3v) is 5.52. The number of benzene rings is 3. The summed E-state index contributed by atoms with van der Waals surface area (Å²) in [5, 5.41) is 2.59. The average molecular weight is 414 g/mol. The first kappa shape index (κ1) is 20.3. The highest BCUT2D eigenvalue weighted by Crippen LogP contribution is 2.20. The van der Waals surface area contributed by atoms with E-state index in [1.807, 2.05) is 0 Å². The predicted molar refractivity (Wildman–Crippen MR) is 108 cm³/mol. The minimum Gasteiger partial charge on any atom is -0.497 e. The third-order valence-electron chi connectivity index (χ3n) is 4.15. The molecule has 2 N–H and O–H groups in total. The zero-order chi connectivity index (χ0) is 20.9. The topological polar surface area (TPSA) is 84.5 Å². The molecular weight excluding hydrogens is 395 g/mol. The molecule has 0 fully saturated rings. The molecule has 3 rings (SSSR count). The first-order chi connectivity index (χ1) is 13.9. The van der Waals surface area contributed by atoms with Crippen molar-refractivity contribution in [3.05, 3.63) is 89.7 Å². The van der Waals surface area contributed by atoms with Gasteiger partial charge in [0, 0.05) is 23.4 Å². The summed E-state index contributed by atoms with van der Waals surface area (Å²) in [6.45, 7) is -0.00736. The molecule has 0 radical (unpaired) electrons. The molecule has 0 saturated carbocycles. The number of nitrogens with one attached hydrogen (secondary N) is 2. The largest absolute Gasteiger partial charge is 0.497 e. The summed E-state index contributed by atoms with van der Waals surface area (Å²) in [5.41, 5.74) is 0.852. The zero-order valence-electron chi connectivity index (χ0n) is 15.6. The molecule has 0 heterocycles. The maximum absolute atomic E-state index is 13.7. The third kappa shape index (κ3) is 5.11. The molecule has 8 heteroatoms. The summed E-state index contributed by atoms with van der Waals surface area (Å²) in [4.78, 5) is 12.3. The van der Waals surface area contributed by atoms with Crippen LogP contribution in [0, 0.1) is 5.82 Å². The molecule has 1 amide bonds. The Hall–Kier alpha value is -3.39. The van der Waals surface area contributed by atoms with Crippen LogP contribution in [0.15, 0.2) is 77.7 Å². The predicted octanol–water partition coefficient (Wildman–Crippen LogP) is 3.57. The molecule has 0 aliphatic carbocycles. The Morgan fingerprint density at radius 3 is 2.41 bits per heavy atom. The molecule has 150 valence electrons. The quantitative estimate of drug-likeness (QED) is 0.619. The van der Waals surface area contributed by atoms with E-state index in [0.717, 1.165) is 0 Å². The number of carbonyl (C=O) groups excluding carboxylic acids is 1. The molecule has 0 aliphatic rings. The number of hydrogen-bond acceptors (Lipinski definition) is 4. The Balaban J connectivity index is 1.73. The number of halogens is 1. The van der Waals surface area contributed by atoms with Crippen molar-refractivity contribution in [2.75, 3.05) is 11.8 Å². The number of carbonyl (C=O) groups is 1. The number of sulfonamides is 1. The first-order valence-corrected chi connectivity index (χ1v) is 10.2. The first-order valence-electron chi connectivity index (χ1n) is 8.67. The minimum absolute atomic E-state index is 0.00736. The van der Waals surface area contributed by atoms with Crippen LogP contribution in [-0.4, -0.2) is 21.4 Å². The van der Waals surface area contributed by atoms with Crippen molar-refractivity contribution in [2.24, 2.45) is 0 Å². The van der Waals surface area contributed by atoms with Gasteiger partial charge in [0.05, 0.1) is 12.0 Å². The van der Waals surface area contributed by atoms with Crippen molar-refractivity contribution >= 4 is 21.6 Å². The van der Waals surface area contributed by atoms with Gasteiger partial charge in [0.25, 0.3) is 15.9 Å². The molecule has 0 saturated heterocycles. The van der Waals surface area contributed by atoms with Gasteiger partial charge in [-0.1, -0.05) is 24.3 Å². The number of hydrogen-bond donors (Lipinski definition) is 2. The maximum Gasteiger partial charge on any atom is 0.261 e. The van der Waals surface area contributed by atoms with Crippen LogP contribution in [0.5, 0.6) is 5.75 Å². The summed E-state index contributed by atoms with van der Waals surface area (Å²) in [6, 6.07) is 18.1. The molecule has 0 aromatic heterocycles. The number of ether oxygens (including phenoxy) is 1. The van der Waals surface area contributed by atoms with Crippen LogP contribution in [0.1, 0.15) is 15.9 Å². The molecule has 29 heavy (non-hydrogen) atoms. The highest BCUT2D eigenvalue weighted by molar-refractivity contribution is 7.92. The van der Waals surface area contributed by atoms with Gasteiger partial charge in [-0.2, -0.15) is 0 Å². The molecule has 6 nitrogen and oxygen atoms in total. The molecule has 0 atom stereocenters. The van der Waals surface area contributed by atoms with Gasteiger partial charge in [-0.15, -0.1) is 0 Å². The van der Waals surface area contributed by atoms with Crippen molar-refractivity contribution in [1.29, 1.82) is 0 Å². The fourth-order valence-corrected chi connectivity index (χ4v) is 3.70. The van der Waals surface area contributed by atoms with Gasteiger partial charge < -0.3 is 10.1 Å². The molecule has 3 aromatic rings. The Bertz CT molecular complexity index is 1120. The van der Waals surface area contributed by atoms with Crippen molar-refractivity contribution in [2.45, 2.75) is 11.4 Å². The second kappa shape index (κ2) is 8.74. The Kier molecular flexibility index (Phi) is 6.13. The Morgan fingerprint density at radius 1 is 1.00 bits per heavy atom. The summed E-state index contributed by atoms with van der Waals surface area (Å²) in [7, 11) is -2.38. The number of amides is 1. The monoisotopic (exact) mass is 414 g/mol. The lowest BCUT2D eigenvalue weighted by Crippen LogP contribution is -2.23. The summed E-state index contributed by atoms with van der Waals surface area (Å²) < 4.78 is 46.4. The second-order valence-corrected chi connectivity index (χ2v) is 7.82. The van der Waals surface area contributed by atoms with E-state index in [4.69, 9.17) is 4.74 Å². The van der Waals surface area contributed by atoms with Crippen molar-refractivity contribution in [1.82, 2.24) is 5.32 Å². The van der Waals surface area contributed by atoms with Crippen LogP contribution >= 0.6 is 0 Å². The van der Waals surface area contributed by atoms with E-state index in [1.54, 1.807) is 42.5 Å². The number of anilines is 1. The van der Waals surface area contributed by atoms with Crippen LogP contribution in [0.4, 0.5) is 10.1 Å². The lowest BCUT2D eigenvalue weighted by atomic mass is 10.2. The van der Waals surface area contributed by atoms with Crippen molar-refractivity contribution < 1.29 is 22.3 Å². The standard InChI is InChI=1S/C21H19FN2O4S/c1-28-18-11-9-17(10-12-18)24-29(26,27)19-7-4-6-15(13-19)21(25)23-14-16-5-2-3-8-20(16)22/h2-13,24H,14H2,1H3,(H,23,25). The summed E-state index contributed by atoms with van der Waals surface area (Å²) in [6.07, 6.45) is 0. The zero-order valence-corrected chi connectivity index (χ0v) is 16.4. The Morgan fingerprint density at radius 2 is 1.72 bits per heavy atom. The molecule has 0 aliphatic heterocycles. The fourth-order valence-electron chi connectivity index (χ4n) is 2.60. The average Bonchev–Trinajstić information content (AvgIpc) is 2.73. The lowest BCUT2D eigenvalue weighted by molar-refractivity contribution is 0.0950. The van der Waals surface area contributed by atoms with E-state index < -0.39 is 21.7 Å². The Labute approximate surface area is 168 Å². The van der Waals surface area contributed by atoms with Crippen LogP contribution in [0.3, 0.4) is 0 Å². The van der Waals surface area contributed by atoms with Crippen molar-refractivity contribution in [3.63, 3.8) is 0 Å². The number of rotatable bonds is 7. The van der Waals surface area contributed by atoms with E-state index >= 15 is 0 Å². The van der Waals surface area contributed by atoms with E-state index in [2.05, 4.69) is 10.0 Å². The van der Waals surface area contributed by atoms with E-state index in [9.17, 15) is 17.6 Å². The molecule has 0 spiro atoms. The van der Waals surface area contributed by atoms with Gasteiger partial charge in [-0.25, -0.2) is 12.8 Å². The smallest absolute Gasteiger partial charge is 0.261 e. The van der Waals surface area contributed by atoms with E-state index in [1.165, 1.54) is 37.4 Å². The molecule has 0 unspecified atom stereocenters. The van der Waals surface area contributed by atoms with Gasteiger partial charge >= 0.3 is 0 Å². The van der Waals surface area contributed by atoms with Gasteiger partial charge in [0.2, 0.25) is 0 Å². The van der Waals surface area contributed by atoms with Crippen LogP contribution in [0.25, 0.3) is 0 Å². The molecule has 0 bridgehead atoms. The second-order valence-electron chi connectivity index (χ2n) is 6.14. The van der Waals surface area contributed by atoms with Gasteiger partial charge in [0.1, 0.15) is 11.6 Å².